The summed E-state index contributed by atoms with van der Waals surface area (Å²) in [5.41, 5.74) is 1.45. The fourth-order valence-corrected chi connectivity index (χ4v) is 2.63. The summed E-state index contributed by atoms with van der Waals surface area (Å²) in [5, 5.41) is 0.117. The molecule has 1 heterocycles. The molecule has 2 nitrogen and oxygen atoms in total. The predicted octanol–water partition coefficient (Wildman–Crippen LogP) is 5.17. The molecule has 0 amide bonds. The topological polar surface area (TPSA) is 17.8 Å². The van der Waals surface area contributed by atoms with Crippen LogP contribution < -0.4 is 0 Å². The molecule has 0 radical (unpaired) electrons. The Morgan fingerprint density at radius 2 is 2.05 bits per heavy atom. The third-order valence-corrected chi connectivity index (χ3v) is 4.33. The van der Waals surface area contributed by atoms with Gasteiger partial charge in [0.25, 0.3) is 0 Å². The molecule has 0 spiro atoms. The van der Waals surface area contributed by atoms with Gasteiger partial charge >= 0.3 is 0 Å². The molecule has 2 aromatic rings. The molecule has 2 atom stereocenters. The standard InChI is InChI=1S/C14H17Cl2FN2/c1-4-8(2)9(3)19-13-5-10(16)11(17)6-12(13)18-14(19)7-15/h5-6,8-9H,4,7H2,1-3H3. The van der Waals surface area contributed by atoms with E-state index in [1.165, 1.54) is 6.07 Å². The van der Waals surface area contributed by atoms with Gasteiger partial charge in [-0.2, -0.15) is 0 Å². The lowest BCUT2D eigenvalue weighted by Crippen LogP contribution is -2.15. The summed E-state index contributed by atoms with van der Waals surface area (Å²) in [4.78, 5) is 4.40. The largest absolute Gasteiger partial charge is 0.324 e. The monoisotopic (exact) mass is 302 g/mol. The van der Waals surface area contributed by atoms with Gasteiger partial charge in [0.2, 0.25) is 0 Å². The van der Waals surface area contributed by atoms with Crippen molar-refractivity contribution in [1.82, 2.24) is 9.55 Å². The Labute approximate surface area is 122 Å². The SMILES string of the molecule is CCC(C)C(C)n1c(CCl)nc2cc(F)c(Cl)cc21. The van der Waals surface area contributed by atoms with Crippen molar-refractivity contribution in [3.63, 3.8) is 0 Å². The molecule has 0 saturated heterocycles. The fraction of sp³-hybridized carbons (Fsp3) is 0.500. The number of rotatable bonds is 4. The lowest BCUT2D eigenvalue weighted by Gasteiger charge is -2.22. The van der Waals surface area contributed by atoms with Crippen molar-refractivity contribution < 1.29 is 4.39 Å². The first-order valence-corrected chi connectivity index (χ1v) is 7.32. The Morgan fingerprint density at radius 3 is 2.63 bits per heavy atom. The number of halogens is 3. The number of alkyl halides is 1. The number of hydrogen-bond donors (Lipinski definition) is 0. The van der Waals surface area contributed by atoms with Gasteiger partial charge < -0.3 is 4.57 Å². The highest BCUT2D eigenvalue weighted by molar-refractivity contribution is 6.31. The van der Waals surface area contributed by atoms with Gasteiger partial charge in [0, 0.05) is 12.1 Å². The van der Waals surface area contributed by atoms with Gasteiger partial charge in [0.05, 0.1) is 21.9 Å². The Balaban J connectivity index is 2.66. The lowest BCUT2D eigenvalue weighted by molar-refractivity contribution is 0.371. The molecule has 0 fully saturated rings. The van der Waals surface area contributed by atoms with Crippen LogP contribution in [0.3, 0.4) is 0 Å². The van der Waals surface area contributed by atoms with Crippen LogP contribution in [0.4, 0.5) is 4.39 Å². The maximum atomic E-state index is 13.5. The minimum atomic E-state index is -0.448. The number of fused-ring (bicyclic) bond motifs is 1. The molecule has 2 unspecified atom stereocenters. The summed E-state index contributed by atoms with van der Waals surface area (Å²) in [5.74, 6) is 1.08. The number of aromatic nitrogens is 2. The molecule has 19 heavy (non-hydrogen) atoms. The Kier molecular flexibility index (Phi) is 4.36. The highest BCUT2D eigenvalue weighted by Gasteiger charge is 2.20. The number of benzene rings is 1. The third kappa shape index (κ3) is 2.59. The van der Waals surface area contributed by atoms with E-state index in [0.29, 0.717) is 17.3 Å². The van der Waals surface area contributed by atoms with Crippen LogP contribution in [0.15, 0.2) is 12.1 Å². The summed E-state index contributed by atoms with van der Waals surface area (Å²) < 4.78 is 15.6. The van der Waals surface area contributed by atoms with Crippen LogP contribution in [0, 0.1) is 11.7 Å². The van der Waals surface area contributed by atoms with Crippen LogP contribution in [-0.4, -0.2) is 9.55 Å². The van der Waals surface area contributed by atoms with E-state index < -0.39 is 5.82 Å². The first-order chi connectivity index (χ1) is 8.99. The molecule has 5 heteroatoms. The molecule has 0 N–H and O–H groups in total. The summed E-state index contributed by atoms with van der Waals surface area (Å²) in [6, 6.07) is 3.24. The fourth-order valence-electron chi connectivity index (χ4n) is 2.28. The van der Waals surface area contributed by atoms with Crippen molar-refractivity contribution >= 4 is 34.2 Å². The minimum Gasteiger partial charge on any atom is -0.324 e. The normalized spacial score (nSPS) is 14.8. The van der Waals surface area contributed by atoms with Crippen LogP contribution in [0.2, 0.25) is 5.02 Å². The van der Waals surface area contributed by atoms with E-state index in [4.69, 9.17) is 23.2 Å². The zero-order valence-corrected chi connectivity index (χ0v) is 12.8. The minimum absolute atomic E-state index is 0.117. The van der Waals surface area contributed by atoms with Crippen molar-refractivity contribution in [3.8, 4) is 0 Å². The summed E-state index contributed by atoms with van der Waals surface area (Å²) in [6.45, 7) is 6.45. The molecule has 0 aliphatic carbocycles. The van der Waals surface area contributed by atoms with Gasteiger partial charge in [0.1, 0.15) is 11.6 Å². The average Bonchev–Trinajstić information content (AvgIpc) is 2.75. The number of nitrogens with zero attached hydrogens (tertiary/aromatic N) is 2. The van der Waals surface area contributed by atoms with Crippen LogP contribution in [0.25, 0.3) is 11.0 Å². The van der Waals surface area contributed by atoms with Crippen LogP contribution in [0.5, 0.6) is 0 Å². The first-order valence-electron chi connectivity index (χ1n) is 6.41. The number of imidazole rings is 1. The van der Waals surface area contributed by atoms with Gasteiger partial charge in [-0.25, -0.2) is 9.37 Å². The highest BCUT2D eigenvalue weighted by atomic mass is 35.5. The van der Waals surface area contributed by atoms with Gasteiger partial charge in [-0.3, -0.25) is 0 Å². The zero-order chi connectivity index (χ0) is 14.2. The van der Waals surface area contributed by atoms with E-state index in [-0.39, 0.29) is 11.1 Å². The quantitative estimate of drug-likeness (QED) is 0.712. The molecular formula is C14H17Cl2FN2. The summed E-state index contributed by atoms with van der Waals surface area (Å²) in [6.07, 6.45) is 1.05. The second-order valence-corrected chi connectivity index (χ2v) is 5.59. The van der Waals surface area contributed by atoms with Gasteiger partial charge in [-0.15, -0.1) is 11.6 Å². The number of hydrogen-bond acceptors (Lipinski definition) is 1. The van der Waals surface area contributed by atoms with Crippen LogP contribution in [0.1, 0.15) is 39.1 Å². The van der Waals surface area contributed by atoms with Crippen LogP contribution >= 0.6 is 23.2 Å². The highest BCUT2D eigenvalue weighted by Crippen LogP contribution is 2.30. The summed E-state index contributed by atoms with van der Waals surface area (Å²) >= 11 is 11.8. The van der Waals surface area contributed by atoms with E-state index in [1.807, 2.05) is 0 Å². The zero-order valence-electron chi connectivity index (χ0n) is 11.3. The van der Waals surface area contributed by atoms with Crippen molar-refractivity contribution in [1.29, 1.82) is 0 Å². The third-order valence-electron chi connectivity index (χ3n) is 3.80. The maximum Gasteiger partial charge on any atom is 0.144 e. The Bertz CT molecular complexity index is 595. The lowest BCUT2D eigenvalue weighted by atomic mass is 10.0. The van der Waals surface area contributed by atoms with Crippen molar-refractivity contribution in [2.45, 2.75) is 39.1 Å². The van der Waals surface area contributed by atoms with Crippen LogP contribution in [-0.2, 0) is 5.88 Å². The molecule has 2 rings (SSSR count). The summed E-state index contributed by atoms with van der Waals surface area (Å²) in [7, 11) is 0. The van der Waals surface area contributed by atoms with Gasteiger partial charge in [-0.05, 0) is 18.9 Å². The smallest absolute Gasteiger partial charge is 0.144 e. The molecular weight excluding hydrogens is 286 g/mol. The van der Waals surface area contributed by atoms with Crippen molar-refractivity contribution in [2.24, 2.45) is 5.92 Å². The average molecular weight is 303 g/mol. The molecule has 1 aromatic heterocycles. The van der Waals surface area contributed by atoms with E-state index in [2.05, 4.69) is 30.3 Å². The van der Waals surface area contributed by atoms with Crippen molar-refractivity contribution in [3.05, 3.63) is 28.8 Å². The second kappa shape index (κ2) is 5.68. The van der Waals surface area contributed by atoms with Crippen molar-refractivity contribution in [2.75, 3.05) is 0 Å². The molecule has 0 aliphatic heterocycles. The molecule has 104 valence electrons. The molecule has 1 aromatic carbocycles. The predicted molar refractivity (Wildman–Crippen MR) is 78.4 cm³/mol. The van der Waals surface area contributed by atoms with E-state index in [1.54, 1.807) is 6.07 Å². The van der Waals surface area contributed by atoms with Gasteiger partial charge in [0.15, 0.2) is 0 Å². The second-order valence-electron chi connectivity index (χ2n) is 4.91. The molecule has 0 bridgehead atoms. The molecule has 0 aliphatic rings. The molecule has 0 saturated carbocycles. The van der Waals surface area contributed by atoms with Gasteiger partial charge in [-0.1, -0.05) is 31.9 Å². The first kappa shape index (κ1) is 14.6. The Morgan fingerprint density at radius 1 is 1.37 bits per heavy atom. The maximum absolute atomic E-state index is 13.5. The van der Waals surface area contributed by atoms with E-state index >= 15 is 0 Å². The Hall–Kier alpha value is -0.800. The van der Waals surface area contributed by atoms with E-state index in [9.17, 15) is 4.39 Å². The van der Waals surface area contributed by atoms with E-state index in [0.717, 1.165) is 17.8 Å².